The highest BCUT2D eigenvalue weighted by Gasteiger charge is 2.11. The molecule has 0 aliphatic carbocycles. The second-order valence-electron chi connectivity index (χ2n) is 14.0. The SMILES string of the molecule is Cc1cc(N=Nc2cc(C)c(N=Nc3ccc4cc(Nc5ccccc5)ccc4c3O)cc2C)c(C)cc1N=Nc1ccc2c(OCCCS(=O)(=O)O)cccc2c1. The van der Waals surface area contributed by atoms with Crippen molar-refractivity contribution >= 4 is 77.2 Å². The molecule has 0 amide bonds. The molecule has 0 atom stereocenters. The van der Waals surface area contributed by atoms with Gasteiger partial charge in [-0.3, -0.25) is 4.55 Å². The maximum absolute atomic E-state index is 11.0. The molecular formula is C45H41N7O5S. The summed E-state index contributed by atoms with van der Waals surface area (Å²) in [4.78, 5) is 0. The second kappa shape index (κ2) is 17.1. The molecule has 0 aliphatic heterocycles. The number of para-hydroxylation sites is 1. The van der Waals surface area contributed by atoms with Crippen LogP contribution in [0.2, 0.25) is 0 Å². The maximum atomic E-state index is 11.0. The van der Waals surface area contributed by atoms with E-state index in [9.17, 15) is 13.5 Å². The molecule has 7 rings (SSSR count). The first-order valence-electron chi connectivity index (χ1n) is 18.6. The van der Waals surface area contributed by atoms with E-state index in [2.05, 4.69) is 36.0 Å². The number of benzene rings is 7. The summed E-state index contributed by atoms with van der Waals surface area (Å²) in [5, 5.41) is 44.8. The van der Waals surface area contributed by atoms with Gasteiger partial charge in [0.25, 0.3) is 10.1 Å². The zero-order chi connectivity index (χ0) is 40.8. The lowest BCUT2D eigenvalue weighted by molar-refractivity contribution is 0.319. The van der Waals surface area contributed by atoms with Gasteiger partial charge in [0.15, 0.2) is 5.75 Å². The number of rotatable bonds is 13. The molecule has 0 heterocycles. The zero-order valence-electron chi connectivity index (χ0n) is 32.4. The Morgan fingerprint density at radius 2 is 1.12 bits per heavy atom. The number of aryl methyl sites for hydroxylation is 4. The average Bonchev–Trinajstić information content (AvgIpc) is 3.20. The highest BCUT2D eigenvalue weighted by Crippen LogP contribution is 2.39. The van der Waals surface area contributed by atoms with Gasteiger partial charge in [0.1, 0.15) is 11.4 Å². The van der Waals surface area contributed by atoms with Crippen LogP contribution in [0.3, 0.4) is 0 Å². The fraction of sp³-hybridized carbons (Fsp3) is 0.156. The van der Waals surface area contributed by atoms with Crippen molar-refractivity contribution in [2.24, 2.45) is 30.7 Å². The summed E-state index contributed by atoms with van der Waals surface area (Å²) in [6.07, 6.45) is 0.179. The molecule has 13 heteroatoms. The third-order valence-corrected chi connectivity index (χ3v) is 10.3. The van der Waals surface area contributed by atoms with E-state index in [1.807, 2.05) is 143 Å². The van der Waals surface area contributed by atoms with Crippen molar-refractivity contribution in [3.05, 3.63) is 144 Å². The highest BCUT2D eigenvalue weighted by atomic mass is 32.2. The number of anilines is 2. The number of nitrogens with zero attached hydrogens (tertiary/aromatic N) is 6. The molecule has 0 spiro atoms. The van der Waals surface area contributed by atoms with E-state index < -0.39 is 10.1 Å². The fourth-order valence-corrected chi connectivity index (χ4v) is 6.81. The molecule has 0 bridgehead atoms. The number of phenolic OH excluding ortho intramolecular Hbond substituents is 1. The number of hydrogen-bond donors (Lipinski definition) is 3. The molecular weight excluding hydrogens is 751 g/mol. The number of phenols is 1. The normalized spacial score (nSPS) is 12.1. The number of fused-ring (bicyclic) bond motifs is 2. The number of hydrogen-bond acceptors (Lipinski definition) is 11. The molecule has 12 nitrogen and oxygen atoms in total. The molecule has 3 N–H and O–H groups in total. The second-order valence-corrected chi connectivity index (χ2v) is 15.5. The summed E-state index contributed by atoms with van der Waals surface area (Å²) in [5.41, 5.74) is 9.21. The Morgan fingerprint density at radius 3 is 1.74 bits per heavy atom. The van der Waals surface area contributed by atoms with Gasteiger partial charge in [-0.15, -0.1) is 5.11 Å². The smallest absolute Gasteiger partial charge is 0.264 e. The molecule has 0 radical (unpaired) electrons. The quantitative estimate of drug-likeness (QED) is 0.0596. The van der Waals surface area contributed by atoms with Gasteiger partial charge in [-0.05, 0) is 152 Å². The lowest BCUT2D eigenvalue weighted by Crippen LogP contribution is -2.08. The molecule has 0 fully saturated rings. The fourth-order valence-electron chi connectivity index (χ4n) is 6.33. The van der Waals surface area contributed by atoms with Crippen LogP contribution in [0.15, 0.2) is 152 Å². The monoisotopic (exact) mass is 791 g/mol. The van der Waals surface area contributed by atoms with Gasteiger partial charge in [-0.25, -0.2) is 0 Å². The van der Waals surface area contributed by atoms with E-state index in [0.717, 1.165) is 49.8 Å². The first-order chi connectivity index (χ1) is 27.9. The van der Waals surface area contributed by atoms with Crippen molar-refractivity contribution in [2.45, 2.75) is 34.1 Å². The van der Waals surface area contributed by atoms with E-state index in [0.29, 0.717) is 45.3 Å². The van der Waals surface area contributed by atoms with Gasteiger partial charge in [0.05, 0.1) is 40.8 Å². The first-order valence-corrected chi connectivity index (χ1v) is 20.2. The first kappa shape index (κ1) is 39.4. The van der Waals surface area contributed by atoms with E-state index in [4.69, 9.17) is 9.29 Å². The lowest BCUT2D eigenvalue weighted by Gasteiger charge is -2.09. The minimum atomic E-state index is -4.03. The predicted octanol–water partition coefficient (Wildman–Crippen LogP) is 13.6. The van der Waals surface area contributed by atoms with Gasteiger partial charge < -0.3 is 15.2 Å². The van der Waals surface area contributed by atoms with E-state index in [1.165, 1.54) is 0 Å². The van der Waals surface area contributed by atoms with Crippen molar-refractivity contribution in [1.29, 1.82) is 0 Å². The Balaban J connectivity index is 1.02. The van der Waals surface area contributed by atoms with E-state index in [1.54, 1.807) is 6.07 Å². The molecule has 7 aromatic carbocycles. The van der Waals surface area contributed by atoms with Crippen LogP contribution in [0, 0.1) is 27.7 Å². The van der Waals surface area contributed by atoms with Crippen molar-refractivity contribution in [3.8, 4) is 11.5 Å². The molecule has 0 saturated heterocycles. The van der Waals surface area contributed by atoms with Crippen molar-refractivity contribution < 1.29 is 22.8 Å². The van der Waals surface area contributed by atoms with Gasteiger partial charge in [0.2, 0.25) is 0 Å². The van der Waals surface area contributed by atoms with Gasteiger partial charge in [0, 0.05) is 22.1 Å². The third-order valence-electron chi connectivity index (χ3n) is 9.49. The van der Waals surface area contributed by atoms with Crippen LogP contribution < -0.4 is 10.1 Å². The molecule has 58 heavy (non-hydrogen) atoms. The Kier molecular flexibility index (Phi) is 11.6. The number of aromatic hydroxyl groups is 1. The molecule has 0 unspecified atom stereocenters. The Morgan fingerprint density at radius 1 is 0.552 bits per heavy atom. The minimum absolute atomic E-state index is 0.0655. The largest absolute Gasteiger partial charge is 0.505 e. The topological polar surface area (TPSA) is 170 Å². The van der Waals surface area contributed by atoms with E-state index in [-0.39, 0.29) is 24.5 Å². The highest BCUT2D eigenvalue weighted by molar-refractivity contribution is 7.85. The molecule has 0 aliphatic rings. The molecule has 292 valence electrons. The average molecular weight is 792 g/mol. The maximum Gasteiger partial charge on any atom is 0.264 e. The summed E-state index contributed by atoms with van der Waals surface area (Å²) in [6, 6.07) is 38.3. The number of azo groups is 3. The van der Waals surface area contributed by atoms with Crippen LogP contribution in [0.4, 0.5) is 45.5 Å². The van der Waals surface area contributed by atoms with Crippen LogP contribution in [0.5, 0.6) is 11.5 Å². The Labute approximate surface area is 336 Å². The van der Waals surface area contributed by atoms with Crippen LogP contribution in [-0.2, 0) is 10.1 Å². The predicted molar refractivity (Wildman–Crippen MR) is 230 cm³/mol. The number of nitrogens with one attached hydrogen (secondary N) is 1. The summed E-state index contributed by atoms with van der Waals surface area (Å²) in [6.45, 7) is 7.93. The van der Waals surface area contributed by atoms with Crippen LogP contribution in [-0.4, -0.2) is 30.4 Å². The van der Waals surface area contributed by atoms with Gasteiger partial charge in [-0.2, -0.15) is 34.0 Å². The molecule has 0 saturated carbocycles. The van der Waals surface area contributed by atoms with Crippen molar-refractivity contribution in [3.63, 3.8) is 0 Å². The standard InChI is InChI=1S/C45H41N7O5S/c1-28-23-42(29(2)22-40(28)49-47-36-16-17-37-32(27-36)10-8-13-44(37)57-20-9-21-58(54,55)56)51-52-43-25-30(3)41(24-31(43)4)50-48-39-19-14-33-26-35(15-18-38(33)45(39)53)46-34-11-6-5-7-12-34/h5-8,10-19,22-27,46,53H,9,20-21H2,1-4H3,(H,54,55,56). The third kappa shape index (κ3) is 9.57. The summed E-state index contributed by atoms with van der Waals surface area (Å²) in [7, 11) is -4.03. The Bertz CT molecular complexity index is 2860. The summed E-state index contributed by atoms with van der Waals surface area (Å²) >= 11 is 0. The van der Waals surface area contributed by atoms with Crippen molar-refractivity contribution in [1.82, 2.24) is 0 Å². The summed E-state index contributed by atoms with van der Waals surface area (Å²) < 4.78 is 36.7. The summed E-state index contributed by atoms with van der Waals surface area (Å²) in [5.74, 6) is 0.325. The molecule has 7 aromatic rings. The van der Waals surface area contributed by atoms with E-state index >= 15 is 0 Å². The van der Waals surface area contributed by atoms with Gasteiger partial charge >= 0.3 is 0 Å². The number of ether oxygens (including phenoxy) is 1. The Hall–Kier alpha value is -6.83. The lowest BCUT2D eigenvalue weighted by atomic mass is 10.1. The van der Waals surface area contributed by atoms with Crippen molar-refractivity contribution in [2.75, 3.05) is 17.7 Å². The van der Waals surface area contributed by atoms with Crippen LogP contribution in [0.1, 0.15) is 28.7 Å². The van der Waals surface area contributed by atoms with Crippen LogP contribution >= 0.6 is 0 Å². The van der Waals surface area contributed by atoms with Crippen LogP contribution in [0.25, 0.3) is 21.5 Å². The molecule has 0 aromatic heterocycles. The minimum Gasteiger partial charge on any atom is -0.505 e. The van der Waals surface area contributed by atoms with Gasteiger partial charge in [-0.1, -0.05) is 36.4 Å². The zero-order valence-corrected chi connectivity index (χ0v) is 33.2.